The van der Waals surface area contributed by atoms with E-state index >= 15 is 0 Å². The van der Waals surface area contributed by atoms with Crippen molar-refractivity contribution < 1.29 is 4.79 Å². The molecule has 3 aliphatic rings. The molecular formula is C21H25N5O2. The van der Waals surface area contributed by atoms with Crippen molar-refractivity contribution in [3.05, 3.63) is 52.3 Å². The van der Waals surface area contributed by atoms with Crippen molar-refractivity contribution in [3.63, 3.8) is 0 Å². The average molecular weight is 379 g/mol. The zero-order valence-electron chi connectivity index (χ0n) is 16.1. The van der Waals surface area contributed by atoms with Gasteiger partial charge in [0, 0.05) is 68.9 Å². The van der Waals surface area contributed by atoms with E-state index in [4.69, 9.17) is 0 Å². The minimum Gasteiger partial charge on any atom is -0.356 e. The summed E-state index contributed by atoms with van der Waals surface area (Å²) in [5.74, 6) is 2.33. The number of likely N-dealkylation sites (tertiary alicyclic amines) is 1. The molecule has 2 unspecified atom stereocenters. The molecule has 7 heteroatoms. The Kier molecular flexibility index (Phi) is 4.18. The van der Waals surface area contributed by atoms with Gasteiger partial charge in [-0.3, -0.25) is 9.59 Å². The maximum Gasteiger partial charge on any atom is 0.263 e. The summed E-state index contributed by atoms with van der Waals surface area (Å²) in [6, 6.07) is 5.54. The van der Waals surface area contributed by atoms with Gasteiger partial charge in [0.05, 0.1) is 0 Å². The normalized spacial score (nSPS) is 24.3. The molecule has 28 heavy (non-hydrogen) atoms. The van der Waals surface area contributed by atoms with Crippen LogP contribution in [0.2, 0.25) is 0 Å². The lowest BCUT2D eigenvalue weighted by Crippen LogP contribution is -2.37. The van der Waals surface area contributed by atoms with Crippen LogP contribution in [0.25, 0.3) is 0 Å². The highest BCUT2D eigenvalue weighted by Gasteiger charge is 2.42. The molecule has 0 spiro atoms. The lowest BCUT2D eigenvalue weighted by atomic mass is 9.83. The maximum atomic E-state index is 12.8. The third-order valence-corrected chi connectivity index (χ3v) is 6.65. The van der Waals surface area contributed by atoms with Gasteiger partial charge in [0.15, 0.2) is 0 Å². The van der Waals surface area contributed by atoms with Gasteiger partial charge in [-0.25, -0.2) is 9.97 Å². The molecule has 2 aliphatic heterocycles. The molecule has 2 atom stereocenters. The lowest BCUT2D eigenvalue weighted by Gasteiger charge is -2.26. The lowest BCUT2D eigenvalue weighted by molar-refractivity contribution is 0.0780. The number of carbonyl (C=O) groups is 1. The van der Waals surface area contributed by atoms with Crippen LogP contribution < -0.4 is 10.5 Å². The first-order valence-electron chi connectivity index (χ1n) is 10.1. The van der Waals surface area contributed by atoms with Gasteiger partial charge in [0.2, 0.25) is 0 Å². The van der Waals surface area contributed by atoms with Crippen molar-refractivity contribution in [3.8, 4) is 0 Å². The minimum atomic E-state index is -0.226. The molecule has 3 fully saturated rings. The van der Waals surface area contributed by atoms with Gasteiger partial charge >= 0.3 is 0 Å². The summed E-state index contributed by atoms with van der Waals surface area (Å²) < 4.78 is 1.46. The number of rotatable bonds is 3. The fraction of sp³-hybridized carbons (Fsp3) is 0.524. The van der Waals surface area contributed by atoms with Gasteiger partial charge in [0.25, 0.3) is 11.5 Å². The van der Waals surface area contributed by atoms with Gasteiger partial charge in [-0.15, -0.1) is 0 Å². The highest BCUT2D eigenvalue weighted by atomic mass is 16.2. The zero-order valence-corrected chi connectivity index (χ0v) is 16.1. The molecule has 146 valence electrons. The number of aromatic nitrogens is 3. The second-order valence-electron chi connectivity index (χ2n) is 8.40. The number of amides is 1. The van der Waals surface area contributed by atoms with Crippen molar-refractivity contribution in [2.45, 2.75) is 25.2 Å². The van der Waals surface area contributed by atoms with Crippen LogP contribution in [0, 0.1) is 11.8 Å². The van der Waals surface area contributed by atoms with E-state index < -0.39 is 0 Å². The second-order valence-corrected chi connectivity index (χ2v) is 8.40. The fourth-order valence-electron chi connectivity index (χ4n) is 4.74. The topological polar surface area (TPSA) is 71.3 Å². The third-order valence-electron chi connectivity index (χ3n) is 6.65. The van der Waals surface area contributed by atoms with Gasteiger partial charge in [-0.2, -0.15) is 0 Å². The Hall–Kier alpha value is -2.70. The Bertz CT molecular complexity index is 953. The van der Waals surface area contributed by atoms with E-state index in [1.165, 1.54) is 29.5 Å². The van der Waals surface area contributed by atoms with Crippen molar-refractivity contribution in [1.29, 1.82) is 0 Å². The van der Waals surface area contributed by atoms with Crippen LogP contribution >= 0.6 is 0 Å². The van der Waals surface area contributed by atoms with Gasteiger partial charge in [-0.1, -0.05) is 6.42 Å². The first kappa shape index (κ1) is 17.4. The summed E-state index contributed by atoms with van der Waals surface area (Å²) >= 11 is 0. The Morgan fingerprint density at radius 3 is 2.54 bits per heavy atom. The van der Waals surface area contributed by atoms with E-state index in [0.717, 1.165) is 18.9 Å². The third kappa shape index (κ3) is 2.89. The van der Waals surface area contributed by atoms with Crippen LogP contribution in [0.5, 0.6) is 0 Å². The quantitative estimate of drug-likeness (QED) is 0.811. The molecule has 2 saturated heterocycles. The molecule has 5 rings (SSSR count). The average Bonchev–Trinajstić information content (AvgIpc) is 3.21. The molecule has 4 heterocycles. The highest BCUT2D eigenvalue weighted by Crippen LogP contribution is 2.37. The van der Waals surface area contributed by atoms with Crippen LogP contribution in [-0.4, -0.2) is 51.5 Å². The molecule has 2 aromatic heterocycles. The van der Waals surface area contributed by atoms with E-state index in [0.29, 0.717) is 30.8 Å². The number of anilines is 1. The van der Waals surface area contributed by atoms with Crippen LogP contribution in [0.3, 0.4) is 0 Å². The molecular weight excluding hydrogens is 354 g/mol. The van der Waals surface area contributed by atoms with Crippen LogP contribution in [0.4, 0.5) is 5.82 Å². The summed E-state index contributed by atoms with van der Waals surface area (Å²) in [4.78, 5) is 38.3. The summed E-state index contributed by atoms with van der Waals surface area (Å²) in [6.07, 6.45) is 7.13. The number of fused-ring (bicyclic) bond motifs is 1. The summed E-state index contributed by atoms with van der Waals surface area (Å²) in [7, 11) is 1.68. The second kappa shape index (κ2) is 6.72. The smallest absolute Gasteiger partial charge is 0.263 e. The van der Waals surface area contributed by atoms with Crippen molar-refractivity contribution in [1.82, 2.24) is 19.4 Å². The van der Waals surface area contributed by atoms with Crippen molar-refractivity contribution in [2.24, 2.45) is 18.9 Å². The Balaban J connectivity index is 1.27. The van der Waals surface area contributed by atoms with Crippen LogP contribution in [0.1, 0.15) is 41.2 Å². The van der Waals surface area contributed by atoms with Crippen molar-refractivity contribution >= 4 is 11.7 Å². The number of hydrogen-bond donors (Lipinski definition) is 0. The van der Waals surface area contributed by atoms with Gasteiger partial charge < -0.3 is 14.4 Å². The van der Waals surface area contributed by atoms with Crippen LogP contribution in [0.15, 0.2) is 35.5 Å². The van der Waals surface area contributed by atoms with E-state index in [1.807, 2.05) is 4.90 Å². The number of hydrogen-bond acceptors (Lipinski definition) is 5. The monoisotopic (exact) mass is 379 g/mol. The summed E-state index contributed by atoms with van der Waals surface area (Å²) in [5.41, 5.74) is 1.21. The number of aryl methyl sites for hydroxylation is 1. The largest absolute Gasteiger partial charge is 0.356 e. The van der Waals surface area contributed by atoms with Crippen LogP contribution in [-0.2, 0) is 7.05 Å². The van der Waals surface area contributed by atoms with E-state index in [2.05, 4.69) is 20.9 Å². The standard InChI is InChI=1S/C21H25N5O2/c1-24-7-3-6-17(20(24)27)21(28)26-11-15-9-25(10-16(15)12-26)19-8-18(22-13-23-19)14-4-2-5-14/h3,6-8,13-16H,2,4-5,9-12H2,1H3. The fourth-order valence-corrected chi connectivity index (χ4v) is 4.74. The first-order valence-corrected chi connectivity index (χ1v) is 10.1. The Morgan fingerprint density at radius 2 is 1.86 bits per heavy atom. The molecule has 7 nitrogen and oxygen atoms in total. The molecule has 1 aliphatic carbocycles. The Labute approximate surface area is 164 Å². The van der Waals surface area contributed by atoms with E-state index in [-0.39, 0.29) is 17.0 Å². The van der Waals surface area contributed by atoms with E-state index in [1.54, 1.807) is 31.7 Å². The van der Waals surface area contributed by atoms with Gasteiger partial charge in [-0.05, 0) is 25.0 Å². The number of nitrogens with zero attached hydrogens (tertiary/aromatic N) is 5. The predicted molar refractivity (Wildman–Crippen MR) is 105 cm³/mol. The molecule has 1 saturated carbocycles. The first-order chi connectivity index (χ1) is 13.6. The van der Waals surface area contributed by atoms with Crippen molar-refractivity contribution in [2.75, 3.05) is 31.1 Å². The molecule has 0 radical (unpaired) electrons. The molecule has 2 aromatic rings. The number of pyridine rings is 1. The zero-order chi connectivity index (χ0) is 19.3. The summed E-state index contributed by atoms with van der Waals surface area (Å²) in [5, 5.41) is 0. The predicted octanol–water partition coefficient (Wildman–Crippen LogP) is 1.65. The SMILES string of the molecule is Cn1cccc(C(=O)N2CC3CN(c4cc(C5CCC5)ncn4)CC3C2)c1=O. The molecule has 0 aromatic carbocycles. The van der Waals surface area contributed by atoms with Gasteiger partial charge in [0.1, 0.15) is 17.7 Å². The maximum absolute atomic E-state index is 12.8. The Morgan fingerprint density at radius 1 is 1.11 bits per heavy atom. The number of carbonyl (C=O) groups excluding carboxylic acids is 1. The minimum absolute atomic E-state index is 0.142. The summed E-state index contributed by atoms with van der Waals surface area (Å²) in [6.45, 7) is 3.22. The molecule has 1 amide bonds. The van der Waals surface area contributed by atoms with E-state index in [9.17, 15) is 9.59 Å². The molecule has 0 N–H and O–H groups in total. The highest BCUT2D eigenvalue weighted by molar-refractivity contribution is 5.94. The molecule has 0 bridgehead atoms.